The van der Waals surface area contributed by atoms with Gasteiger partial charge in [-0.15, -0.1) is 11.3 Å². The standard InChI is InChI=1S/C23H27N3O6S/c24-22(29)18(5-6-20(27)28)26-12-17-19(14-33-21(17)23(26)30)32-13-16-3-1-15(2-4-16)11-25-7-9-31-10-8-25/h1-4,14,18H,5-13H2,(H2,24,29)(H,27,28)/t18-/m0/s1. The number of rotatable bonds is 10. The number of amides is 2. The summed E-state index contributed by atoms with van der Waals surface area (Å²) >= 11 is 1.26. The van der Waals surface area contributed by atoms with Gasteiger partial charge in [-0.25, -0.2) is 0 Å². The summed E-state index contributed by atoms with van der Waals surface area (Å²) < 4.78 is 11.4. The molecule has 1 atom stereocenters. The van der Waals surface area contributed by atoms with Crippen LogP contribution in [0.1, 0.15) is 39.2 Å². The van der Waals surface area contributed by atoms with Crippen molar-refractivity contribution in [2.24, 2.45) is 5.73 Å². The SMILES string of the molecule is NC(=O)[C@H](CCC(=O)O)N1Cc2c(OCc3ccc(CN4CCOCC4)cc3)csc2C1=O. The third kappa shape index (κ3) is 5.52. The molecule has 1 aromatic heterocycles. The second kappa shape index (κ2) is 10.3. The van der Waals surface area contributed by atoms with Gasteiger partial charge in [-0.05, 0) is 17.5 Å². The highest BCUT2D eigenvalue weighted by Crippen LogP contribution is 2.38. The summed E-state index contributed by atoms with van der Waals surface area (Å²) in [6.07, 6.45) is -0.256. The van der Waals surface area contributed by atoms with Crippen molar-refractivity contribution in [1.82, 2.24) is 9.80 Å². The minimum absolute atomic E-state index is 0.0155. The van der Waals surface area contributed by atoms with Crippen molar-refractivity contribution < 1.29 is 29.0 Å². The monoisotopic (exact) mass is 473 g/mol. The predicted octanol–water partition coefficient (Wildman–Crippen LogP) is 1.83. The molecule has 1 saturated heterocycles. The number of nitrogens with zero attached hydrogens (tertiary/aromatic N) is 2. The second-order valence-corrected chi connectivity index (χ2v) is 9.06. The second-order valence-electron chi connectivity index (χ2n) is 8.18. The molecular formula is C23H27N3O6S. The summed E-state index contributed by atoms with van der Waals surface area (Å²) in [6, 6.07) is 7.30. The van der Waals surface area contributed by atoms with Crippen molar-refractivity contribution in [3.05, 3.63) is 51.2 Å². The molecule has 4 rings (SSSR count). The van der Waals surface area contributed by atoms with E-state index in [4.69, 9.17) is 20.3 Å². The maximum absolute atomic E-state index is 12.8. The molecule has 0 bridgehead atoms. The van der Waals surface area contributed by atoms with Gasteiger partial charge in [-0.2, -0.15) is 0 Å². The van der Waals surface area contributed by atoms with E-state index in [-0.39, 0.29) is 25.3 Å². The number of primary amides is 1. The molecule has 9 nitrogen and oxygen atoms in total. The first-order chi connectivity index (χ1) is 15.9. The van der Waals surface area contributed by atoms with Crippen molar-refractivity contribution >= 4 is 29.1 Å². The van der Waals surface area contributed by atoms with Crippen molar-refractivity contribution in [3.63, 3.8) is 0 Å². The molecule has 1 aromatic carbocycles. The minimum Gasteiger partial charge on any atom is -0.488 e. The zero-order valence-corrected chi connectivity index (χ0v) is 19.0. The number of thiophene rings is 1. The van der Waals surface area contributed by atoms with Crippen molar-refractivity contribution in [2.45, 2.75) is 38.6 Å². The van der Waals surface area contributed by atoms with Crippen molar-refractivity contribution in [3.8, 4) is 5.75 Å². The van der Waals surface area contributed by atoms with Crippen LogP contribution in [0.25, 0.3) is 0 Å². The van der Waals surface area contributed by atoms with Crippen molar-refractivity contribution in [1.29, 1.82) is 0 Å². The Labute approximate surface area is 195 Å². The molecule has 0 saturated carbocycles. The Morgan fingerprint density at radius 2 is 1.88 bits per heavy atom. The molecule has 3 heterocycles. The van der Waals surface area contributed by atoms with Crippen molar-refractivity contribution in [2.75, 3.05) is 26.3 Å². The van der Waals surface area contributed by atoms with E-state index in [1.807, 2.05) is 12.1 Å². The maximum atomic E-state index is 12.8. The Morgan fingerprint density at radius 3 is 2.55 bits per heavy atom. The van der Waals surface area contributed by atoms with Crippen LogP contribution in [0.15, 0.2) is 29.6 Å². The summed E-state index contributed by atoms with van der Waals surface area (Å²) in [5.74, 6) is -1.46. The van der Waals surface area contributed by atoms with Gasteiger partial charge in [0.25, 0.3) is 5.91 Å². The number of hydrogen-bond acceptors (Lipinski definition) is 7. The fourth-order valence-electron chi connectivity index (χ4n) is 4.07. The molecule has 10 heteroatoms. The molecular weight excluding hydrogens is 446 g/mol. The molecule has 0 aliphatic carbocycles. The van der Waals surface area contributed by atoms with Crippen LogP contribution in [-0.2, 0) is 34.0 Å². The Bertz CT molecular complexity index is 1020. The minimum atomic E-state index is -1.04. The van der Waals surface area contributed by atoms with Crippen LogP contribution in [0.5, 0.6) is 5.75 Å². The highest BCUT2D eigenvalue weighted by atomic mass is 32.1. The van der Waals surface area contributed by atoms with Gasteiger partial charge in [0.2, 0.25) is 5.91 Å². The van der Waals surface area contributed by atoms with E-state index >= 15 is 0 Å². The average molecular weight is 474 g/mol. The normalized spacial score (nSPS) is 17.1. The number of nitrogens with two attached hydrogens (primary N) is 1. The number of carbonyl (C=O) groups is 3. The third-order valence-electron chi connectivity index (χ3n) is 5.90. The van der Waals surface area contributed by atoms with Gasteiger partial charge in [0.15, 0.2) is 0 Å². The summed E-state index contributed by atoms with van der Waals surface area (Å²) in [6.45, 7) is 4.86. The molecule has 2 aliphatic heterocycles. The lowest BCUT2D eigenvalue weighted by Gasteiger charge is -2.26. The topological polar surface area (TPSA) is 122 Å². The number of hydrogen-bond donors (Lipinski definition) is 2. The zero-order chi connectivity index (χ0) is 23.4. The van der Waals surface area contributed by atoms with Crippen LogP contribution >= 0.6 is 11.3 Å². The number of benzene rings is 1. The summed E-state index contributed by atoms with van der Waals surface area (Å²) in [5, 5.41) is 10.7. The lowest BCUT2D eigenvalue weighted by atomic mass is 10.1. The van der Waals surface area contributed by atoms with E-state index in [1.165, 1.54) is 21.8 Å². The van der Waals surface area contributed by atoms with Gasteiger partial charge >= 0.3 is 5.97 Å². The number of carbonyl (C=O) groups excluding carboxylic acids is 2. The first-order valence-corrected chi connectivity index (χ1v) is 11.7. The molecule has 2 amide bonds. The smallest absolute Gasteiger partial charge is 0.303 e. The van der Waals surface area contributed by atoms with Gasteiger partial charge in [0.1, 0.15) is 23.3 Å². The lowest BCUT2D eigenvalue weighted by Crippen LogP contribution is -2.45. The molecule has 2 aliphatic rings. The number of fused-ring (bicyclic) bond motifs is 1. The average Bonchev–Trinajstić information content (AvgIpc) is 3.34. The molecule has 0 spiro atoms. The molecule has 176 valence electrons. The Morgan fingerprint density at radius 1 is 1.18 bits per heavy atom. The largest absolute Gasteiger partial charge is 0.488 e. The first-order valence-electron chi connectivity index (χ1n) is 10.9. The first kappa shape index (κ1) is 23.2. The molecule has 2 aromatic rings. The van der Waals surface area contributed by atoms with E-state index in [0.29, 0.717) is 17.2 Å². The molecule has 0 radical (unpaired) electrons. The van der Waals surface area contributed by atoms with Gasteiger partial charge in [-0.3, -0.25) is 19.3 Å². The summed E-state index contributed by atoms with van der Waals surface area (Å²) in [4.78, 5) is 39.8. The van der Waals surface area contributed by atoms with E-state index < -0.39 is 17.9 Å². The van der Waals surface area contributed by atoms with Crippen LogP contribution in [0.2, 0.25) is 0 Å². The molecule has 1 fully saturated rings. The summed E-state index contributed by atoms with van der Waals surface area (Å²) in [7, 11) is 0. The number of aliphatic carboxylic acids is 1. The molecule has 0 unspecified atom stereocenters. The van der Waals surface area contributed by atoms with Gasteiger partial charge in [-0.1, -0.05) is 24.3 Å². The predicted molar refractivity (Wildman–Crippen MR) is 121 cm³/mol. The Hall–Kier alpha value is -2.95. The van der Waals surface area contributed by atoms with Gasteiger partial charge in [0, 0.05) is 37.0 Å². The highest BCUT2D eigenvalue weighted by Gasteiger charge is 2.38. The van der Waals surface area contributed by atoms with E-state index in [0.717, 1.165) is 44.0 Å². The van der Waals surface area contributed by atoms with Crippen LogP contribution in [-0.4, -0.2) is 65.0 Å². The number of morpholine rings is 1. The van der Waals surface area contributed by atoms with E-state index in [9.17, 15) is 14.4 Å². The van der Waals surface area contributed by atoms with Gasteiger partial charge in [0.05, 0.1) is 19.8 Å². The highest BCUT2D eigenvalue weighted by molar-refractivity contribution is 7.12. The fourth-order valence-corrected chi connectivity index (χ4v) is 5.03. The molecule has 3 N–H and O–H groups in total. The van der Waals surface area contributed by atoms with Crippen LogP contribution in [0, 0.1) is 0 Å². The number of carboxylic acid groups (broad SMARTS) is 1. The number of ether oxygens (including phenoxy) is 2. The fraction of sp³-hybridized carbons (Fsp3) is 0.435. The van der Waals surface area contributed by atoms with E-state index in [1.54, 1.807) is 5.38 Å². The van der Waals surface area contributed by atoms with Crippen LogP contribution in [0.4, 0.5) is 0 Å². The Kier molecular flexibility index (Phi) is 7.26. The lowest BCUT2D eigenvalue weighted by molar-refractivity contribution is -0.137. The maximum Gasteiger partial charge on any atom is 0.303 e. The van der Waals surface area contributed by atoms with Gasteiger partial charge < -0.3 is 25.2 Å². The Balaban J connectivity index is 1.36. The summed E-state index contributed by atoms with van der Waals surface area (Å²) in [5.41, 5.74) is 8.41. The quantitative estimate of drug-likeness (QED) is 0.540. The zero-order valence-electron chi connectivity index (χ0n) is 18.2. The van der Waals surface area contributed by atoms with Crippen LogP contribution in [0.3, 0.4) is 0 Å². The van der Waals surface area contributed by atoms with Crippen LogP contribution < -0.4 is 10.5 Å². The third-order valence-corrected chi connectivity index (χ3v) is 6.89. The molecule has 33 heavy (non-hydrogen) atoms. The van der Waals surface area contributed by atoms with E-state index in [2.05, 4.69) is 17.0 Å². The number of carboxylic acids is 1.